The van der Waals surface area contributed by atoms with E-state index < -0.39 is 29.3 Å². The van der Waals surface area contributed by atoms with Crippen molar-refractivity contribution in [2.75, 3.05) is 11.9 Å². The smallest absolute Gasteiger partial charge is 0.286 e. The number of pyridine rings is 2. The summed E-state index contributed by atoms with van der Waals surface area (Å²) < 4.78 is 57.2. The quantitative estimate of drug-likeness (QED) is 0.483. The predicted molar refractivity (Wildman–Crippen MR) is 116 cm³/mol. The van der Waals surface area contributed by atoms with Crippen molar-refractivity contribution >= 4 is 11.7 Å². The molecule has 5 nitrogen and oxygen atoms in total. The fourth-order valence-corrected chi connectivity index (χ4v) is 3.90. The third-order valence-corrected chi connectivity index (χ3v) is 5.73. The Bertz CT molecular complexity index is 1230. The van der Waals surface area contributed by atoms with Gasteiger partial charge in [-0.2, -0.15) is 8.78 Å². The van der Waals surface area contributed by atoms with Crippen LogP contribution in [0.25, 0.3) is 11.1 Å². The van der Waals surface area contributed by atoms with Gasteiger partial charge in [-0.05, 0) is 49.7 Å². The molecule has 1 N–H and O–H groups in total. The summed E-state index contributed by atoms with van der Waals surface area (Å²) in [5.41, 5.74) is 0.717. The molecule has 0 bridgehead atoms. The maximum absolute atomic E-state index is 15.0. The molecule has 9 heteroatoms. The van der Waals surface area contributed by atoms with Crippen LogP contribution in [0, 0.1) is 11.6 Å². The number of rotatable bonds is 6. The van der Waals surface area contributed by atoms with Gasteiger partial charge < -0.3 is 10.2 Å². The number of benzene rings is 1. The van der Waals surface area contributed by atoms with E-state index in [-0.39, 0.29) is 22.6 Å². The molecule has 0 saturated carbocycles. The molecule has 33 heavy (non-hydrogen) atoms. The number of fused-ring (bicyclic) bond motifs is 1. The third-order valence-electron chi connectivity index (χ3n) is 5.73. The molecule has 3 aromatic rings. The summed E-state index contributed by atoms with van der Waals surface area (Å²) in [6.45, 7) is 5.14. The second-order valence-corrected chi connectivity index (χ2v) is 8.04. The average Bonchev–Trinajstić information content (AvgIpc) is 3.11. The highest BCUT2D eigenvalue weighted by Gasteiger charge is 2.30. The topological polar surface area (TPSA) is 58.1 Å². The minimum Gasteiger partial charge on any atom is -0.363 e. The predicted octanol–water partition coefficient (Wildman–Crippen LogP) is 5.68. The molecule has 1 aromatic carbocycles. The molecule has 4 rings (SSSR count). The Morgan fingerprint density at radius 2 is 1.82 bits per heavy atom. The molecular formula is C24H22F4N4O. The molecule has 1 amide bonds. The summed E-state index contributed by atoms with van der Waals surface area (Å²) in [5, 5.41) is 3.07. The van der Waals surface area contributed by atoms with E-state index >= 15 is 4.39 Å². The van der Waals surface area contributed by atoms with Crippen LogP contribution in [-0.2, 0) is 12.5 Å². The highest BCUT2D eigenvalue weighted by molar-refractivity contribution is 5.99. The van der Waals surface area contributed by atoms with Gasteiger partial charge in [-0.15, -0.1) is 0 Å². The molecule has 0 spiro atoms. The number of nitrogens with one attached hydrogen (secondary N) is 1. The van der Waals surface area contributed by atoms with Crippen LogP contribution in [0.4, 0.5) is 23.4 Å². The van der Waals surface area contributed by atoms with Gasteiger partial charge in [-0.25, -0.2) is 13.8 Å². The second kappa shape index (κ2) is 8.46. The van der Waals surface area contributed by atoms with Gasteiger partial charge >= 0.3 is 0 Å². The number of alkyl halides is 2. The number of hydrogen-bond acceptors (Lipinski definition) is 4. The van der Waals surface area contributed by atoms with Crippen molar-refractivity contribution in [3.8, 4) is 11.1 Å². The zero-order chi connectivity index (χ0) is 23.9. The highest BCUT2D eigenvalue weighted by Crippen LogP contribution is 2.34. The van der Waals surface area contributed by atoms with Crippen LogP contribution < -0.4 is 5.32 Å². The zero-order valence-corrected chi connectivity index (χ0v) is 18.3. The second-order valence-electron chi connectivity index (χ2n) is 8.04. The van der Waals surface area contributed by atoms with Crippen LogP contribution >= 0.6 is 0 Å². The average molecular weight is 458 g/mol. The van der Waals surface area contributed by atoms with E-state index in [1.165, 1.54) is 12.3 Å². The van der Waals surface area contributed by atoms with Crippen molar-refractivity contribution in [3.63, 3.8) is 0 Å². The normalized spacial score (nSPS) is 14.4. The van der Waals surface area contributed by atoms with E-state index in [0.29, 0.717) is 37.0 Å². The molecule has 0 unspecified atom stereocenters. The lowest BCUT2D eigenvalue weighted by Crippen LogP contribution is -2.22. The summed E-state index contributed by atoms with van der Waals surface area (Å²) >= 11 is 0. The van der Waals surface area contributed by atoms with Crippen molar-refractivity contribution in [3.05, 3.63) is 76.7 Å². The molecule has 0 radical (unpaired) electrons. The first-order chi connectivity index (χ1) is 15.6. The van der Waals surface area contributed by atoms with Crippen LogP contribution in [0.15, 0.2) is 42.7 Å². The van der Waals surface area contributed by atoms with Gasteiger partial charge in [-0.3, -0.25) is 9.78 Å². The van der Waals surface area contributed by atoms with E-state index in [2.05, 4.69) is 15.3 Å². The van der Waals surface area contributed by atoms with Gasteiger partial charge in [0.25, 0.3) is 11.8 Å². The molecule has 1 atom stereocenters. The van der Waals surface area contributed by atoms with Crippen molar-refractivity contribution < 1.29 is 22.4 Å². The third kappa shape index (κ3) is 4.27. The summed E-state index contributed by atoms with van der Waals surface area (Å²) in [6, 6.07) is 5.39. The van der Waals surface area contributed by atoms with E-state index in [1.54, 1.807) is 17.9 Å². The molecule has 1 aliphatic heterocycles. The first-order valence-electron chi connectivity index (χ1n) is 10.5. The van der Waals surface area contributed by atoms with Gasteiger partial charge in [0, 0.05) is 48.1 Å². The monoisotopic (exact) mass is 458 g/mol. The van der Waals surface area contributed by atoms with Gasteiger partial charge in [-0.1, -0.05) is 0 Å². The molecular weight excluding hydrogens is 436 g/mol. The highest BCUT2D eigenvalue weighted by atomic mass is 19.3. The lowest BCUT2D eigenvalue weighted by Gasteiger charge is -2.19. The van der Waals surface area contributed by atoms with Crippen molar-refractivity contribution in [2.24, 2.45) is 0 Å². The number of carbonyl (C=O) groups excluding carboxylic acids is 1. The number of carbonyl (C=O) groups is 1. The SMILES string of the molecule is CCN1Cc2c(ccnc2N[C@@H](C)c2cc(F)c(-c3ccnc(C(C)(F)F)c3)cc2F)C1=O. The van der Waals surface area contributed by atoms with E-state index in [4.69, 9.17) is 0 Å². The van der Waals surface area contributed by atoms with Gasteiger partial charge in [0.15, 0.2) is 0 Å². The molecule has 3 heterocycles. The van der Waals surface area contributed by atoms with E-state index in [0.717, 1.165) is 24.4 Å². The maximum atomic E-state index is 15.0. The molecule has 2 aromatic heterocycles. The van der Waals surface area contributed by atoms with Gasteiger partial charge in [0.1, 0.15) is 23.1 Å². The van der Waals surface area contributed by atoms with Crippen LogP contribution in [-0.4, -0.2) is 27.3 Å². The Morgan fingerprint density at radius 1 is 1.09 bits per heavy atom. The Morgan fingerprint density at radius 3 is 2.52 bits per heavy atom. The van der Waals surface area contributed by atoms with E-state index in [9.17, 15) is 18.0 Å². The standard InChI is InChI=1S/C24H22F4N4O/c1-4-32-12-18-15(23(32)33)6-8-30-22(18)31-13(2)16-10-20(26)17(11-19(16)25)14-5-7-29-21(9-14)24(3,27)28/h5-11,13H,4,12H2,1-3H3,(H,30,31)/t13-/m0/s1. The molecule has 0 fully saturated rings. The fraction of sp³-hybridized carbons (Fsp3) is 0.292. The first-order valence-corrected chi connectivity index (χ1v) is 10.5. The minimum atomic E-state index is -3.21. The largest absolute Gasteiger partial charge is 0.363 e. The Balaban J connectivity index is 1.64. The van der Waals surface area contributed by atoms with Crippen LogP contribution in [0.2, 0.25) is 0 Å². The van der Waals surface area contributed by atoms with Crippen molar-refractivity contribution in [1.82, 2.24) is 14.9 Å². The minimum absolute atomic E-state index is 0.0439. The molecule has 0 saturated heterocycles. The lowest BCUT2D eigenvalue weighted by molar-refractivity contribution is 0.0128. The molecule has 1 aliphatic rings. The molecule has 0 aliphatic carbocycles. The number of anilines is 1. The van der Waals surface area contributed by atoms with Crippen LogP contribution in [0.1, 0.15) is 54.0 Å². The maximum Gasteiger partial charge on any atom is 0.286 e. The Hall–Kier alpha value is -3.49. The van der Waals surface area contributed by atoms with Crippen LogP contribution in [0.5, 0.6) is 0 Å². The Kier molecular flexibility index (Phi) is 5.82. The van der Waals surface area contributed by atoms with Gasteiger partial charge in [0.2, 0.25) is 0 Å². The summed E-state index contributed by atoms with van der Waals surface area (Å²) in [5.74, 6) is -4.33. The number of amides is 1. The lowest BCUT2D eigenvalue weighted by atomic mass is 9.99. The van der Waals surface area contributed by atoms with Crippen LogP contribution in [0.3, 0.4) is 0 Å². The first kappa shape index (κ1) is 22.7. The summed E-state index contributed by atoms with van der Waals surface area (Å²) in [6.07, 6.45) is 2.63. The fourth-order valence-electron chi connectivity index (χ4n) is 3.90. The number of aromatic nitrogens is 2. The number of halogens is 4. The van der Waals surface area contributed by atoms with Gasteiger partial charge in [0.05, 0.1) is 12.6 Å². The number of nitrogens with zero attached hydrogens (tertiary/aromatic N) is 3. The summed E-state index contributed by atoms with van der Waals surface area (Å²) in [4.78, 5) is 22.0. The van der Waals surface area contributed by atoms with E-state index in [1.807, 2.05) is 6.92 Å². The Labute approximate surface area is 188 Å². The molecule has 172 valence electrons. The zero-order valence-electron chi connectivity index (χ0n) is 18.3. The van der Waals surface area contributed by atoms with Crippen molar-refractivity contribution in [1.29, 1.82) is 0 Å². The summed E-state index contributed by atoms with van der Waals surface area (Å²) in [7, 11) is 0. The van der Waals surface area contributed by atoms with Crippen molar-refractivity contribution in [2.45, 2.75) is 39.3 Å². The number of hydrogen-bond donors (Lipinski definition) is 1.